The Balaban J connectivity index is 1.75. The van der Waals surface area contributed by atoms with Gasteiger partial charge in [0.05, 0.1) is 5.88 Å². The van der Waals surface area contributed by atoms with Gasteiger partial charge < -0.3 is 14.7 Å². The Bertz CT molecular complexity index is 782. The van der Waals surface area contributed by atoms with E-state index in [1.54, 1.807) is 11.8 Å². The molecule has 2 heterocycles. The first-order valence-electron chi connectivity index (χ1n) is 9.28. The van der Waals surface area contributed by atoms with Gasteiger partial charge in [-0.25, -0.2) is 0 Å². The number of likely N-dealkylation sites (N-methyl/N-ethyl adjacent to an activating group) is 1. The number of benzene rings is 1. The van der Waals surface area contributed by atoms with E-state index in [9.17, 15) is 4.79 Å². The standard InChI is InChI=1S/C20H28N4O2S/c1-13(21-5)10-17-22-18(26-23-17)16-11-27-12-24(16)19(25)14-6-8-15(9-7-14)20(2,3)4/h6-9,13,16,21H,10-12H2,1-5H3. The Kier molecular flexibility index (Phi) is 5.91. The number of carbonyl (C=O) groups is 1. The van der Waals surface area contributed by atoms with Crippen molar-refractivity contribution in [3.05, 3.63) is 47.1 Å². The molecule has 0 aliphatic carbocycles. The number of hydrogen-bond donors (Lipinski definition) is 1. The zero-order valence-electron chi connectivity index (χ0n) is 16.7. The largest absolute Gasteiger partial charge is 0.337 e. The zero-order chi connectivity index (χ0) is 19.6. The van der Waals surface area contributed by atoms with E-state index in [2.05, 4.69) is 43.2 Å². The average Bonchev–Trinajstić information content (AvgIpc) is 3.29. The van der Waals surface area contributed by atoms with Crippen LogP contribution in [0.15, 0.2) is 28.8 Å². The van der Waals surface area contributed by atoms with Gasteiger partial charge in [-0.2, -0.15) is 4.98 Å². The molecule has 1 aliphatic heterocycles. The molecule has 0 spiro atoms. The first kappa shape index (κ1) is 19.9. The molecule has 2 aromatic rings. The third-order valence-electron chi connectivity index (χ3n) is 4.89. The molecule has 146 valence electrons. The van der Waals surface area contributed by atoms with Gasteiger partial charge in [0.15, 0.2) is 5.82 Å². The van der Waals surface area contributed by atoms with E-state index in [1.807, 2.05) is 36.2 Å². The van der Waals surface area contributed by atoms with E-state index < -0.39 is 0 Å². The molecule has 7 heteroatoms. The number of aromatic nitrogens is 2. The van der Waals surface area contributed by atoms with Crippen molar-refractivity contribution in [1.82, 2.24) is 20.4 Å². The maximum Gasteiger partial charge on any atom is 0.255 e. The van der Waals surface area contributed by atoms with E-state index in [-0.39, 0.29) is 23.4 Å². The molecule has 0 saturated carbocycles. The van der Waals surface area contributed by atoms with Crippen LogP contribution in [0.4, 0.5) is 0 Å². The molecule has 0 radical (unpaired) electrons. The van der Waals surface area contributed by atoms with Gasteiger partial charge in [-0.1, -0.05) is 38.1 Å². The van der Waals surface area contributed by atoms with Gasteiger partial charge in [0.25, 0.3) is 5.91 Å². The fourth-order valence-electron chi connectivity index (χ4n) is 2.99. The number of nitrogens with one attached hydrogen (secondary N) is 1. The van der Waals surface area contributed by atoms with E-state index >= 15 is 0 Å². The highest BCUT2D eigenvalue weighted by molar-refractivity contribution is 7.99. The summed E-state index contributed by atoms with van der Waals surface area (Å²) >= 11 is 1.71. The summed E-state index contributed by atoms with van der Waals surface area (Å²) in [5.41, 5.74) is 1.98. The number of thioether (sulfide) groups is 1. The number of nitrogens with zero attached hydrogens (tertiary/aromatic N) is 3. The van der Waals surface area contributed by atoms with Crippen LogP contribution in [0.25, 0.3) is 0 Å². The van der Waals surface area contributed by atoms with Gasteiger partial charge in [-0.05, 0) is 37.1 Å². The quantitative estimate of drug-likeness (QED) is 0.846. The minimum atomic E-state index is -0.170. The number of rotatable bonds is 5. The Morgan fingerprint density at radius 3 is 2.70 bits per heavy atom. The summed E-state index contributed by atoms with van der Waals surface area (Å²) in [5.74, 6) is 2.61. The van der Waals surface area contributed by atoms with Crippen LogP contribution in [-0.4, -0.2) is 45.7 Å². The van der Waals surface area contributed by atoms with Crippen LogP contribution < -0.4 is 5.32 Å². The molecule has 1 fully saturated rings. The van der Waals surface area contributed by atoms with Gasteiger partial charge in [-0.15, -0.1) is 11.8 Å². The second kappa shape index (κ2) is 8.02. The molecule has 1 saturated heterocycles. The van der Waals surface area contributed by atoms with Crippen molar-refractivity contribution in [2.75, 3.05) is 18.7 Å². The first-order valence-corrected chi connectivity index (χ1v) is 10.4. The average molecular weight is 389 g/mol. The molecular weight excluding hydrogens is 360 g/mol. The van der Waals surface area contributed by atoms with Crippen LogP contribution in [0.3, 0.4) is 0 Å². The lowest BCUT2D eigenvalue weighted by Gasteiger charge is -2.22. The second-order valence-electron chi connectivity index (χ2n) is 8.06. The lowest BCUT2D eigenvalue weighted by atomic mass is 9.86. The Hall–Kier alpha value is -1.86. The first-order chi connectivity index (χ1) is 12.8. The highest BCUT2D eigenvalue weighted by Crippen LogP contribution is 2.34. The molecule has 1 aromatic heterocycles. The molecular formula is C20H28N4O2S. The van der Waals surface area contributed by atoms with Crippen molar-refractivity contribution in [3.63, 3.8) is 0 Å². The Morgan fingerprint density at radius 2 is 2.07 bits per heavy atom. The summed E-state index contributed by atoms with van der Waals surface area (Å²) in [5, 5.41) is 7.25. The van der Waals surface area contributed by atoms with Crippen LogP contribution in [-0.2, 0) is 11.8 Å². The van der Waals surface area contributed by atoms with Crippen LogP contribution in [0.5, 0.6) is 0 Å². The van der Waals surface area contributed by atoms with Gasteiger partial charge in [0.1, 0.15) is 6.04 Å². The smallest absolute Gasteiger partial charge is 0.255 e. The minimum absolute atomic E-state index is 0.00815. The molecule has 2 unspecified atom stereocenters. The summed E-state index contributed by atoms with van der Waals surface area (Å²) in [6.07, 6.45) is 0.697. The number of hydrogen-bond acceptors (Lipinski definition) is 6. The minimum Gasteiger partial charge on any atom is -0.337 e. The molecule has 27 heavy (non-hydrogen) atoms. The van der Waals surface area contributed by atoms with Crippen molar-refractivity contribution in [1.29, 1.82) is 0 Å². The lowest BCUT2D eigenvalue weighted by Crippen LogP contribution is -2.31. The molecule has 3 rings (SSSR count). The van der Waals surface area contributed by atoms with E-state index in [1.165, 1.54) is 5.56 Å². The van der Waals surface area contributed by atoms with Gasteiger partial charge in [0.2, 0.25) is 5.89 Å². The van der Waals surface area contributed by atoms with E-state index in [0.29, 0.717) is 29.6 Å². The summed E-state index contributed by atoms with van der Waals surface area (Å²) in [7, 11) is 1.91. The summed E-state index contributed by atoms with van der Waals surface area (Å²) < 4.78 is 5.48. The molecule has 1 amide bonds. The van der Waals surface area contributed by atoms with Gasteiger partial charge in [0, 0.05) is 23.8 Å². The summed E-state index contributed by atoms with van der Waals surface area (Å²) in [4.78, 5) is 19.4. The monoisotopic (exact) mass is 388 g/mol. The van der Waals surface area contributed by atoms with Crippen LogP contribution >= 0.6 is 11.8 Å². The highest BCUT2D eigenvalue weighted by atomic mass is 32.2. The number of carbonyl (C=O) groups excluding carboxylic acids is 1. The maximum atomic E-state index is 13.0. The van der Waals surface area contributed by atoms with Crippen molar-refractivity contribution >= 4 is 17.7 Å². The third-order valence-corrected chi connectivity index (χ3v) is 5.90. The molecule has 1 aliphatic rings. The molecule has 6 nitrogen and oxygen atoms in total. The third kappa shape index (κ3) is 4.52. The van der Waals surface area contributed by atoms with Crippen molar-refractivity contribution in [3.8, 4) is 0 Å². The molecule has 0 bridgehead atoms. The van der Waals surface area contributed by atoms with Crippen molar-refractivity contribution in [2.45, 2.75) is 51.6 Å². The molecule has 1 aromatic carbocycles. The predicted molar refractivity (Wildman–Crippen MR) is 108 cm³/mol. The summed E-state index contributed by atoms with van der Waals surface area (Å²) in [6.45, 7) is 8.57. The normalized spacial score (nSPS) is 18.7. The second-order valence-corrected chi connectivity index (χ2v) is 9.06. The lowest BCUT2D eigenvalue weighted by molar-refractivity contribution is 0.0722. The Morgan fingerprint density at radius 1 is 1.37 bits per heavy atom. The topological polar surface area (TPSA) is 71.3 Å². The molecule has 2 atom stereocenters. The van der Waals surface area contributed by atoms with Gasteiger partial charge in [-0.3, -0.25) is 4.79 Å². The van der Waals surface area contributed by atoms with Crippen LogP contribution in [0, 0.1) is 0 Å². The number of amides is 1. The fraction of sp³-hybridized carbons (Fsp3) is 0.550. The predicted octanol–water partition coefficient (Wildman–Crippen LogP) is 3.41. The van der Waals surface area contributed by atoms with E-state index in [4.69, 9.17) is 4.52 Å². The Labute approximate surface area is 165 Å². The SMILES string of the molecule is CNC(C)Cc1noc(C2CSCN2C(=O)c2ccc(C(C)(C)C)cc2)n1. The van der Waals surface area contributed by atoms with Crippen molar-refractivity contribution in [2.24, 2.45) is 0 Å². The van der Waals surface area contributed by atoms with Gasteiger partial charge >= 0.3 is 0 Å². The summed E-state index contributed by atoms with van der Waals surface area (Å²) in [6, 6.07) is 8.00. The van der Waals surface area contributed by atoms with Crippen molar-refractivity contribution < 1.29 is 9.32 Å². The zero-order valence-corrected chi connectivity index (χ0v) is 17.5. The maximum absolute atomic E-state index is 13.0. The fourth-order valence-corrected chi connectivity index (χ4v) is 4.13. The van der Waals surface area contributed by atoms with Crippen LogP contribution in [0.2, 0.25) is 0 Å². The molecule has 1 N–H and O–H groups in total. The van der Waals surface area contributed by atoms with E-state index in [0.717, 1.165) is 5.75 Å². The van der Waals surface area contributed by atoms with Crippen LogP contribution in [0.1, 0.15) is 61.4 Å². The highest BCUT2D eigenvalue weighted by Gasteiger charge is 2.35.